The van der Waals surface area contributed by atoms with E-state index in [1.807, 2.05) is 23.1 Å². The number of urea groups is 1. The van der Waals surface area contributed by atoms with E-state index in [2.05, 4.69) is 10.6 Å². The predicted octanol–water partition coefficient (Wildman–Crippen LogP) is 1.69. The molecular weight excluding hydrogens is 310 g/mol. The van der Waals surface area contributed by atoms with Gasteiger partial charge in [0.25, 0.3) is 0 Å². The van der Waals surface area contributed by atoms with Crippen LogP contribution >= 0.6 is 0 Å². The van der Waals surface area contributed by atoms with E-state index in [1.54, 1.807) is 14.2 Å². The number of nitrogens with zero attached hydrogens (tertiary/aromatic N) is 1. The lowest BCUT2D eigenvalue weighted by Crippen LogP contribution is -2.42. The quantitative estimate of drug-likeness (QED) is 0.775. The number of rotatable bonds is 6. The maximum Gasteiger partial charge on any atom is 0.317 e. The Balaban J connectivity index is 2.04. The molecule has 0 saturated carbocycles. The zero-order valence-corrected chi connectivity index (χ0v) is 14.4. The van der Waals surface area contributed by atoms with Crippen LogP contribution in [0.4, 0.5) is 4.79 Å². The Bertz CT molecular complexity index is 591. The number of carbonyl (C=O) groups excluding carboxylic acids is 2. The minimum absolute atomic E-state index is 0.0216. The summed E-state index contributed by atoms with van der Waals surface area (Å²) in [5.74, 6) is 1.34. The molecule has 1 fully saturated rings. The van der Waals surface area contributed by atoms with Gasteiger partial charge in [-0.25, -0.2) is 4.79 Å². The fourth-order valence-electron chi connectivity index (χ4n) is 2.94. The summed E-state index contributed by atoms with van der Waals surface area (Å²) < 4.78 is 10.7. The molecule has 1 saturated heterocycles. The van der Waals surface area contributed by atoms with Gasteiger partial charge in [0.1, 0.15) is 11.5 Å². The highest BCUT2D eigenvalue weighted by molar-refractivity contribution is 5.75. The molecule has 0 radical (unpaired) electrons. The third kappa shape index (κ3) is 4.31. The first-order valence-corrected chi connectivity index (χ1v) is 8.07. The van der Waals surface area contributed by atoms with Gasteiger partial charge in [-0.1, -0.05) is 0 Å². The van der Waals surface area contributed by atoms with Gasteiger partial charge in [-0.15, -0.1) is 0 Å². The van der Waals surface area contributed by atoms with Crippen LogP contribution in [0.25, 0.3) is 0 Å². The van der Waals surface area contributed by atoms with Gasteiger partial charge in [-0.3, -0.25) is 4.79 Å². The SMILES string of the molecule is COc1ccc([C@@H]2CCCN2C(=O)NCCNC(C)=O)c(OC)c1. The molecule has 1 heterocycles. The standard InChI is InChI=1S/C17H25N3O4/c1-12(21)18-8-9-19-17(22)20-10-4-5-15(20)14-7-6-13(23-2)11-16(14)24-3/h6-7,11,15H,4-5,8-10H2,1-3H3,(H,18,21)(H,19,22)/t15-/m0/s1. The van der Waals surface area contributed by atoms with Crippen LogP contribution < -0.4 is 20.1 Å². The second-order valence-electron chi connectivity index (χ2n) is 5.67. The number of methoxy groups -OCH3 is 2. The number of carbonyl (C=O) groups is 2. The van der Waals surface area contributed by atoms with Crippen molar-refractivity contribution in [2.45, 2.75) is 25.8 Å². The van der Waals surface area contributed by atoms with Crippen molar-refractivity contribution in [3.8, 4) is 11.5 Å². The summed E-state index contributed by atoms with van der Waals surface area (Å²) in [6.07, 6.45) is 1.83. The molecule has 24 heavy (non-hydrogen) atoms. The fraction of sp³-hybridized carbons (Fsp3) is 0.529. The molecule has 0 aliphatic carbocycles. The molecule has 1 atom stereocenters. The Morgan fingerprint density at radius 2 is 1.96 bits per heavy atom. The van der Waals surface area contributed by atoms with Crippen LogP contribution in [-0.2, 0) is 4.79 Å². The van der Waals surface area contributed by atoms with E-state index in [-0.39, 0.29) is 18.0 Å². The van der Waals surface area contributed by atoms with Crippen molar-refractivity contribution >= 4 is 11.9 Å². The van der Waals surface area contributed by atoms with E-state index < -0.39 is 0 Å². The van der Waals surface area contributed by atoms with Crippen LogP contribution in [0.5, 0.6) is 11.5 Å². The number of nitrogens with one attached hydrogen (secondary N) is 2. The lowest BCUT2D eigenvalue weighted by Gasteiger charge is -2.26. The van der Waals surface area contributed by atoms with E-state index in [0.29, 0.717) is 19.6 Å². The lowest BCUT2D eigenvalue weighted by molar-refractivity contribution is -0.118. The van der Waals surface area contributed by atoms with Crippen LogP contribution in [0.2, 0.25) is 0 Å². The Kier molecular flexibility index (Phi) is 6.28. The molecule has 1 aliphatic rings. The fourth-order valence-corrected chi connectivity index (χ4v) is 2.94. The first kappa shape index (κ1) is 17.9. The Morgan fingerprint density at radius 1 is 1.21 bits per heavy atom. The largest absolute Gasteiger partial charge is 0.497 e. The van der Waals surface area contributed by atoms with Crippen molar-refractivity contribution in [2.75, 3.05) is 33.9 Å². The third-order valence-corrected chi connectivity index (χ3v) is 4.09. The van der Waals surface area contributed by atoms with Crippen molar-refractivity contribution in [1.29, 1.82) is 0 Å². The first-order chi connectivity index (χ1) is 11.6. The average Bonchev–Trinajstić information content (AvgIpc) is 3.07. The average molecular weight is 335 g/mol. The van der Waals surface area contributed by atoms with Gasteiger partial charge in [0.15, 0.2) is 0 Å². The third-order valence-electron chi connectivity index (χ3n) is 4.09. The second kappa shape index (κ2) is 8.42. The van der Waals surface area contributed by atoms with Crippen molar-refractivity contribution in [3.05, 3.63) is 23.8 Å². The van der Waals surface area contributed by atoms with Gasteiger partial charge < -0.3 is 25.0 Å². The van der Waals surface area contributed by atoms with E-state index in [4.69, 9.17) is 9.47 Å². The Morgan fingerprint density at radius 3 is 2.62 bits per heavy atom. The van der Waals surface area contributed by atoms with Gasteiger partial charge in [-0.05, 0) is 25.0 Å². The van der Waals surface area contributed by atoms with E-state index in [9.17, 15) is 9.59 Å². The molecule has 2 N–H and O–H groups in total. The van der Waals surface area contributed by atoms with E-state index in [0.717, 1.165) is 29.9 Å². The molecule has 0 unspecified atom stereocenters. The van der Waals surface area contributed by atoms with Crippen molar-refractivity contribution < 1.29 is 19.1 Å². The van der Waals surface area contributed by atoms with E-state index in [1.165, 1.54) is 6.92 Å². The molecule has 132 valence electrons. The van der Waals surface area contributed by atoms with Crippen LogP contribution in [-0.4, -0.2) is 50.7 Å². The van der Waals surface area contributed by atoms with Gasteiger partial charge >= 0.3 is 6.03 Å². The van der Waals surface area contributed by atoms with Crippen LogP contribution in [0.15, 0.2) is 18.2 Å². The Hall–Kier alpha value is -2.44. The summed E-state index contributed by atoms with van der Waals surface area (Å²) in [6.45, 7) is 2.98. The molecule has 3 amide bonds. The van der Waals surface area contributed by atoms with E-state index >= 15 is 0 Å². The maximum absolute atomic E-state index is 12.4. The molecule has 7 nitrogen and oxygen atoms in total. The predicted molar refractivity (Wildman–Crippen MR) is 90.3 cm³/mol. The summed E-state index contributed by atoms with van der Waals surface area (Å²) in [4.78, 5) is 25.1. The number of benzene rings is 1. The molecule has 1 aliphatic heterocycles. The van der Waals surface area contributed by atoms with Crippen molar-refractivity contribution in [3.63, 3.8) is 0 Å². The molecule has 1 aromatic rings. The molecule has 2 rings (SSSR count). The smallest absolute Gasteiger partial charge is 0.317 e. The molecule has 0 aromatic heterocycles. The minimum Gasteiger partial charge on any atom is -0.497 e. The summed E-state index contributed by atoms with van der Waals surface area (Å²) >= 11 is 0. The van der Waals surface area contributed by atoms with Gasteiger partial charge in [0.05, 0.1) is 20.3 Å². The molecular formula is C17H25N3O4. The van der Waals surface area contributed by atoms with Gasteiger partial charge in [0, 0.05) is 38.2 Å². The topological polar surface area (TPSA) is 79.9 Å². The Labute approximate surface area is 142 Å². The van der Waals surface area contributed by atoms with Gasteiger partial charge in [0.2, 0.25) is 5.91 Å². The highest BCUT2D eigenvalue weighted by Crippen LogP contribution is 2.38. The first-order valence-electron chi connectivity index (χ1n) is 8.07. The summed E-state index contributed by atoms with van der Waals surface area (Å²) in [5, 5.41) is 5.51. The summed E-state index contributed by atoms with van der Waals surface area (Å²) in [7, 11) is 3.23. The zero-order chi connectivity index (χ0) is 17.5. The highest BCUT2D eigenvalue weighted by atomic mass is 16.5. The van der Waals surface area contributed by atoms with Crippen molar-refractivity contribution in [1.82, 2.24) is 15.5 Å². The zero-order valence-electron chi connectivity index (χ0n) is 14.4. The lowest BCUT2D eigenvalue weighted by atomic mass is 10.0. The molecule has 0 bridgehead atoms. The van der Waals surface area contributed by atoms with Gasteiger partial charge in [-0.2, -0.15) is 0 Å². The minimum atomic E-state index is -0.124. The number of likely N-dealkylation sites (tertiary alicyclic amines) is 1. The summed E-state index contributed by atoms with van der Waals surface area (Å²) in [5.41, 5.74) is 0.979. The molecule has 7 heteroatoms. The van der Waals surface area contributed by atoms with Crippen LogP contribution in [0.3, 0.4) is 0 Å². The number of amides is 3. The molecule has 0 spiro atoms. The monoisotopic (exact) mass is 335 g/mol. The highest BCUT2D eigenvalue weighted by Gasteiger charge is 2.31. The number of hydrogen-bond donors (Lipinski definition) is 2. The molecule has 1 aromatic carbocycles. The van der Waals surface area contributed by atoms with Crippen LogP contribution in [0.1, 0.15) is 31.4 Å². The van der Waals surface area contributed by atoms with Crippen LogP contribution in [0, 0.1) is 0 Å². The second-order valence-corrected chi connectivity index (χ2v) is 5.67. The maximum atomic E-state index is 12.4. The normalized spacial score (nSPS) is 16.6. The number of hydrogen-bond acceptors (Lipinski definition) is 4. The summed E-state index contributed by atoms with van der Waals surface area (Å²) in [6, 6.07) is 5.52. The van der Waals surface area contributed by atoms with Crippen molar-refractivity contribution in [2.24, 2.45) is 0 Å². The number of ether oxygens (including phenoxy) is 2.